The van der Waals surface area contributed by atoms with Crippen LogP contribution in [0, 0.1) is 0 Å². The molecule has 0 amide bonds. The summed E-state index contributed by atoms with van der Waals surface area (Å²) in [4.78, 5) is 23.3. The molecule has 6 heteroatoms. The number of aromatic nitrogens is 3. The first kappa shape index (κ1) is 13.3. The van der Waals surface area contributed by atoms with E-state index in [4.69, 9.17) is 0 Å². The first-order valence-electron chi connectivity index (χ1n) is 6.93. The summed E-state index contributed by atoms with van der Waals surface area (Å²) in [6, 6.07) is 7.06. The molecular weight excluding hydrogens is 301 g/mol. The Balaban J connectivity index is 2.01. The summed E-state index contributed by atoms with van der Waals surface area (Å²) in [5.41, 5.74) is 1.58. The van der Waals surface area contributed by atoms with E-state index >= 15 is 0 Å². The van der Waals surface area contributed by atoms with E-state index in [0.717, 1.165) is 15.9 Å². The van der Waals surface area contributed by atoms with E-state index in [1.807, 2.05) is 24.3 Å². The lowest BCUT2D eigenvalue weighted by molar-refractivity contribution is 0.694. The molecular formula is C16H12FN3OS. The molecule has 22 heavy (non-hydrogen) atoms. The van der Waals surface area contributed by atoms with Crippen LogP contribution in [-0.2, 0) is 0 Å². The van der Waals surface area contributed by atoms with Crippen LogP contribution in [0.15, 0.2) is 34.0 Å². The van der Waals surface area contributed by atoms with Gasteiger partial charge in [0, 0.05) is 21.9 Å². The van der Waals surface area contributed by atoms with Crippen molar-refractivity contribution in [2.75, 3.05) is 0 Å². The highest BCUT2D eigenvalue weighted by Crippen LogP contribution is 2.20. The Hall–Kier alpha value is -2.34. The maximum Gasteiger partial charge on any atom is 0.259 e. The molecule has 2 heterocycles. The summed E-state index contributed by atoms with van der Waals surface area (Å²) in [5.74, 6) is 0.222. The van der Waals surface area contributed by atoms with Crippen molar-refractivity contribution in [2.45, 2.75) is 17.7 Å². The molecule has 0 radical (unpaired) electrons. The van der Waals surface area contributed by atoms with Gasteiger partial charge in [0.1, 0.15) is 11.7 Å². The number of hydrogen-bond donors (Lipinski definition) is 3. The highest BCUT2D eigenvalue weighted by molar-refractivity contribution is 7.80. The number of hydrogen-bond acceptors (Lipinski definition) is 3. The molecule has 0 unspecified atom stereocenters. The van der Waals surface area contributed by atoms with Gasteiger partial charge >= 0.3 is 0 Å². The molecule has 0 saturated heterocycles. The van der Waals surface area contributed by atoms with E-state index in [1.165, 1.54) is 0 Å². The fourth-order valence-electron chi connectivity index (χ4n) is 2.71. The lowest BCUT2D eigenvalue weighted by atomic mass is 10.1. The number of pyridine rings is 1. The molecule has 1 aliphatic rings. The average Bonchev–Trinajstić information content (AvgIpc) is 2.89. The Morgan fingerprint density at radius 2 is 2.09 bits per heavy atom. The quantitative estimate of drug-likeness (QED) is 0.601. The van der Waals surface area contributed by atoms with Gasteiger partial charge in [-0.05, 0) is 30.7 Å². The number of rotatable bonds is 1. The third kappa shape index (κ3) is 2.07. The first-order chi connectivity index (χ1) is 10.6. The minimum absolute atomic E-state index is 0.205. The van der Waals surface area contributed by atoms with Gasteiger partial charge in [0.15, 0.2) is 0 Å². The lowest BCUT2D eigenvalue weighted by Crippen LogP contribution is -2.37. The van der Waals surface area contributed by atoms with Crippen LogP contribution in [0.1, 0.15) is 12.8 Å². The van der Waals surface area contributed by atoms with Crippen molar-refractivity contribution in [3.05, 3.63) is 45.2 Å². The molecule has 2 aromatic heterocycles. The van der Waals surface area contributed by atoms with Crippen LogP contribution in [0.4, 0.5) is 4.39 Å². The van der Waals surface area contributed by atoms with Gasteiger partial charge in [-0.2, -0.15) is 0 Å². The molecule has 0 atom stereocenters. The maximum atomic E-state index is 14.0. The van der Waals surface area contributed by atoms with Crippen molar-refractivity contribution in [2.24, 2.45) is 0 Å². The zero-order valence-corrected chi connectivity index (χ0v) is 12.4. The van der Waals surface area contributed by atoms with Gasteiger partial charge in [-0.25, -0.2) is 9.37 Å². The Bertz CT molecular complexity index is 1080. The topological polar surface area (TPSA) is 61.5 Å². The summed E-state index contributed by atoms with van der Waals surface area (Å²) in [6.07, 6.45) is 2.81. The van der Waals surface area contributed by atoms with Crippen LogP contribution in [-0.4, -0.2) is 15.0 Å². The summed E-state index contributed by atoms with van der Waals surface area (Å²) in [6.45, 7) is 0. The molecule has 1 aliphatic carbocycles. The van der Waals surface area contributed by atoms with E-state index < -0.39 is 0 Å². The molecule has 1 aromatic carbocycles. The Morgan fingerprint density at radius 3 is 2.95 bits per heavy atom. The zero-order valence-electron chi connectivity index (χ0n) is 11.5. The Kier molecular flexibility index (Phi) is 2.94. The third-order valence-corrected chi connectivity index (χ3v) is 4.07. The van der Waals surface area contributed by atoms with Gasteiger partial charge in [-0.15, -0.1) is 12.6 Å². The molecule has 2 N–H and O–H groups in total. The van der Waals surface area contributed by atoms with E-state index in [0.29, 0.717) is 34.8 Å². The van der Waals surface area contributed by atoms with Crippen molar-refractivity contribution in [3.63, 3.8) is 0 Å². The first-order valence-corrected chi connectivity index (χ1v) is 7.38. The zero-order chi connectivity index (χ0) is 15.3. The molecule has 110 valence electrons. The SMILES string of the molecule is O=c1[nH]c2c(cc1-c1nc3ccc(S)cc3[nH]1)=C(F)CCC=2. The minimum Gasteiger partial charge on any atom is -0.338 e. The van der Waals surface area contributed by atoms with Crippen LogP contribution in [0.5, 0.6) is 0 Å². The third-order valence-electron chi connectivity index (χ3n) is 3.80. The number of fused-ring (bicyclic) bond motifs is 2. The Labute approximate surface area is 129 Å². The molecule has 0 saturated carbocycles. The summed E-state index contributed by atoms with van der Waals surface area (Å²) < 4.78 is 14.0. The van der Waals surface area contributed by atoms with Crippen molar-refractivity contribution in [1.82, 2.24) is 15.0 Å². The fourth-order valence-corrected chi connectivity index (χ4v) is 2.91. The standard InChI is InChI=1S/C16H12FN3OS/c17-11-2-1-3-12-9(11)7-10(16(21)20-12)15-18-13-5-4-8(22)6-14(13)19-15/h3-7,22H,1-2H2,(H,18,19)(H,20,21). The predicted octanol–water partition coefficient (Wildman–Crippen LogP) is 1.86. The lowest BCUT2D eigenvalue weighted by Gasteiger charge is -2.04. The van der Waals surface area contributed by atoms with Crippen molar-refractivity contribution in [3.8, 4) is 11.4 Å². The average molecular weight is 313 g/mol. The maximum absolute atomic E-state index is 14.0. The number of benzene rings is 1. The number of nitrogens with one attached hydrogen (secondary N) is 2. The molecule has 0 fully saturated rings. The summed E-state index contributed by atoms with van der Waals surface area (Å²) >= 11 is 4.28. The van der Waals surface area contributed by atoms with E-state index in [9.17, 15) is 9.18 Å². The summed E-state index contributed by atoms with van der Waals surface area (Å²) in [5, 5.41) is 0.988. The van der Waals surface area contributed by atoms with Crippen molar-refractivity contribution < 1.29 is 4.39 Å². The second-order valence-electron chi connectivity index (χ2n) is 5.27. The van der Waals surface area contributed by atoms with Gasteiger partial charge in [-0.3, -0.25) is 4.79 Å². The molecule has 0 spiro atoms. The normalized spacial score (nSPS) is 14.0. The smallest absolute Gasteiger partial charge is 0.259 e. The molecule has 0 aliphatic heterocycles. The van der Waals surface area contributed by atoms with E-state index in [-0.39, 0.29) is 11.4 Å². The van der Waals surface area contributed by atoms with Gasteiger partial charge in [0.25, 0.3) is 5.56 Å². The largest absolute Gasteiger partial charge is 0.338 e. The van der Waals surface area contributed by atoms with Crippen LogP contribution >= 0.6 is 12.6 Å². The highest BCUT2D eigenvalue weighted by atomic mass is 32.1. The van der Waals surface area contributed by atoms with E-state index in [1.54, 1.807) is 6.07 Å². The minimum atomic E-state index is -0.283. The Morgan fingerprint density at radius 1 is 1.23 bits per heavy atom. The number of imidazole rings is 1. The molecule has 4 rings (SSSR count). The predicted molar refractivity (Wildman–Crippen MR) is 86.9 cm³/mol. The van der Waals surface area contributed by atoms with Crippen LogP contribution in [0.25, 0.3) is 34.3 Å². The van der Waals surface area contributed by atoms with E-state index in [2.05, 4.69) is 27.6 Å². The van der Waals surface area contributed by atoms with Gasteiger partial charge in [0.2, 0.25) is 0 Å². The molecule has 4 nitrogen and oxygen atoms in total. The van der Waals surface area contributed by atoms with Gasteiger partial charge < -0.3 is 9.97 Å². The molecule has 3 aromatic rings. The summed E-state index contributed by atoms with van der Waals surface area (Å²) in [7, 11) is 0. The van der Waals surface area contributed by atoms with Crippen LogP contribution in [0.3, 0.4) is 0 Å². The monoisotopic (exact) mass is 313 g/mol. The van der Waals surface area contributed by atoms with Crippen LogP contribution < -0.4 is 16.1 Å². The number of thiol groups is 1. The second-order valence-corrected chi connectivity index (χ2v) is 5.79. The van der Waals surface area contributed by atoms with Gasteiger partial charge in [0.05, 0.1) is 16.6 Å². The fraction of sp³-hybridized carbons (Fsp3) is 0.125. The van der Waals surface area contributed by atoms with Crippen LogP contribution in [0.2, 0.25) is 0 Å². The second kappa shape index (κ2) is 4.84. The van der Waals surface area contributed by atoms with Crippen molar-refractivity contribution in [1.29, 1.82) is 0 Å². The van der Waals surface area contributed by atoms with Gasteiger partial charge in [-0.1, -0.05) is 6.08 Å². The number of halogens is 1. The van der Waals surface area contributed by atoms with Crippen molar-refractivity contribution >= 4 is 35.6 Å². The number of nitrogens with zero attached hydrogens (tertiary/aromatic N) is 1. The number of H-pyrrole nitrogens is 2. The number of aromatic amines is 2. The highest BCUT2D eigenvalue weighted by Gasteiger charge is 2.12. The molecule has 0 bridgehead atoms.